The van der Waals surface area contributed by atoms with E-state index in [2.05, 4.69) is 24.8 Å². The van der Waals surface area contributed by atoms with Crippen LogP contribution in [0.1, 0.15) is 104 Å². The fourth-order valence-electron chi connectivity index (χ4n) is 9.09. The molecule has 6 atom stereocenters. The molecule has 1 heterocycles. The Morgan fingerprint density at radius 2 is 1.91 bits per heavy atom. The number of benzene rings is 3. The Balaban J connectivity index is 1.31. The maximum Gasteiger partial charge on any atom is 0.167 e. The largest absolute Gasteiger partial charge is 0.393 e. The number of hydrogen-bond donors (Lipinski definition) is 3. The standard InChI is InChI=1S/C45H57ClFNO6/c1-31-9-7-20-44(2)40(37-18-16-33(23-34(49)17-15-31)24-38(37)43(51)25-39-41(46)13-6-14-42(39)47)19-21-45(44,52)30-48(27-36-12-8-22-54-36)26-35(50)29-53-28-32-10-4-3-5-11-32/h3-6,9-11,13-14,16,18,24,34-36,40,49-50,52H,7-8,12,15,17,19-23,25-30H2,1-2H3. The maximum absolute atomic E-state index is 15.0. The van der Waals surface area contributed by atoms with E-state index in [0.29, 0.717) is 70.5 Å². The Kier molecular flexibility index (Phi) is 13.8. The first-order valence-electron chi connectivity index (χ1n) is 19.7. The fourth-order valence-corrected chi connectivity index (χ4v) is 9.32. The highest BCUT2D eigenvalue weighted by atomic mass is 35.5. The molecule has 3 N–H and O–H groups in total. The summed E-state index contributed by atoms with van der Waals surface area (Å²) in [4.78, 5) is 16.4. The number of halogens is 2. The second-order valence-electron chi connectivity index (χ2n) is 16.2. The number of fused-ring (bicyclic) bond motifs is 8. The van der Waals surface area contributed by atoms with E-state index >= 15 is 0 Å². The Hall–Kier alpha value is -2.95. The van der Waals surface area contributed by atoms with Gasteiger partial charge in [0.2, 0.25) is 0 Å². The summed E-state index contributed by atoms with van der Waals surface area (Å²) in [6.45, 7) is 6.77. The molecule has 2 fully saturated rings. The molecule has 7 rings (SSSR count). The van der Waals surface area contributed by atoms with Crippen LogP contribution in [0.15, 0.2) is 78.4 Å². The van der Waals surface area contributed by atoms with Crippen molar-refractivity contribution >= 4 is 17.4 Å². The topological polar surface area (TPSA) is 99.5 Å². The van der Waals surface area contributed by atoms with Crippen molar-refractivity contribution in [2.75, 3.05) is 32.8 Å². The van der Waals surface area contributed by atoms with Gasteiger partial charge in [-0.2, -0.15) is 0 Å². The Morgan fingerprint density at radius 1 is 1.09 bits per heavy atom. The third-order valence-corrected chi connectivity index (χ3v) is 12.6. The summed E-state index contributed by atoms with van der Waals surface area (Å²) in [6.07, 6.45) is 6.92. The van der Waals surface area contributed by atoms with Gasteiger partial charge in [0.05, 0.1) is 37.1 Å². The molecule has 0 radical (unpaired) electrons. The van der Waals surface area contributed by atoms with Gasteiger partial charge in [0.25, 0.3) is 0 Å². The average Bonchev–Trinajstić information content (AvgIpc) is 3.74. The molecule has 2 bridgehead atoms. The number of aliphatic hydroxyl groups is 3. The van der Waals surface area contributed by atoms with E-state index in [9.17, 15) is 24.5 Å². The molecule has 4 aliphatic rings. The molecule has 292 valence electrons. The van der Waals surface area contributed by atoms with E-state index in [1.165, 1.54) is 17.7 Å². The van der Waals surface area contributed by atoms with Gasteiger partial charge in [-0.15, -0.1) is 0 Å². The van der Waals surface area contributed by atoms with Gasteiger partial charge in [0.1, 0.15) is 5.82 Å². The molecule has 1 saturated carbocycles. The van der Waals surface area contributed by atoms with Crippen molar-refractivity contribution < 1.29 is 34.0 Å². The SMILES string of the molecule is CC1=CCCC2(C)C(CCC2(O)CN(CC(O)COCc2ccccc2)CC2CCCO2)c2ccc(cc2C(=O)Cc2c(F)cccc2Cl)CC(O)CC1. The highest BCUT2D eigenvalue weighted by Crippen LogP contribution is 2.59. The molecular formula is C45H57ClFNO6. The van der Waals surface area contributed by atoms with Crippen LogP contribution in [0.2, 0.25) is 5.02 Å². The van der Waals surface area contributed by atoms with Crippen LogP contribution in [0.4, 0.5) is 4.39 Å². The number of aliphatic hydroxyl groups excluding tert-OH is 2. The second-order valence-corrected chi connectivity index (χ2v) is 16.6. The molecule has 7 nitrogen and oxygen atoms in total. The zero-order chi connectivity index (χ0) is 38.3. The van der Waals surface area contributed by atoms with E-state index < -0.39 is 29.0 Å². The average molecular weight is 762 g/mol. The Labute approximate surface area is 325 Å². The molecule has 54 heavy (non-hydrogen) atoms. The molecule has 3 aromatic carbocycles. The van der Waals surface area contributed by atoms with Gasteiger partial charge in [0.15, 0.2) is 5.78 Å². The summed E-state index contributed by atoms with van der Waals surface area (Å²) in [7, 11) is 0. The first-order valence-corrected chi connectivity index (χ1v) is 20.1. The van der Waals surface area contributed by atoms with Crippen LogP contribution in [0, 0.1) is 11.2 Å². The molecule has 6 unspecified atom stereocenters. The van der Waals surface area contributed by atoms with Crippen molar-refractivity contribution in [3.05, 3.63) is 117 Å². The van der Waals surface area contributed by atoms with Crippen LogP contribution in [0.3, 0.4) is 0 Å². The van der Waals surface area contributed by atoms with E-state index in [-0.39, 0.29) is 41.4 Å². The highest BCUT2D eigenvalue weighted by molar-refractivity contribution is 6.31. The minimum Gasteiger partial charge on any atom is -0.393 e. The quantitative estimate of drug-likeness (QED) is 0.120. The predicted octanol–water partition coefficient (Wildman–Crippen LogP) is 8.00. The monoisotopic (exact) mass is 761 g/mol. The number of nitrogens with zero attached hydrogens (tertiary/aromatic N) is 1. The van der Waals surface area contributed by atoms with Crippen LogP contribution in [0.25, 0.3) is 0 Å². The van der Waals surface area contributed by atoms with Crippen LogP contribution in [0.5, 0.6) is 0 Å². The van der Waals surface area contributed by atoms with Gasteiger partial charge >= 0.3 is 0 Å². The van der Waals surface area contributed by atoms with Crippen LogP contribution in [-0.4, -0.2) is 82.8 Å². The van der Waals surface area contributed by atoms with Gasteiger partial charge in [0, 0.05) is 54.2 Å². The van der Waals surface area contributed by atoms with Crippen molar-refractivity contribution in [1.29, 1.82) is 0 Å². The number of ether oxygens (including phenoxy) is 2. The smallest absolute Gasteiger partial charge is 0.167 e. The Bertz CT molecular complexity index is 1730. The molecular weight excluding hydrogens is 705 g/mol. The first-order chi connectivity index (χ1) is 25.9. The van der Waals surface area contributed by atoms with Gasteiger partial charge < -0.3 is 24.8 Å². The van der Waals surface area contributed by atoms with Crippen molar-refractivity contribution in [3.63, 3.8) is 0 Å². The molecule has 1 aliphatic heterocycles. The zero-order valence-electron chi connectivity index (χ0n) is 31.8. The van der Waals surface area contributed by atoms with Crippen LogP contribution in [-0.2, 0) is 28.9 Å². The van der Waals surface area contributed by atoms with Crippen LogP contribution >= 0.6 is 11.6 Å². The van der Waals surface area contributed by atoms with Gasteiger partial charge in [-0.3, -0.25) is 9.69 Å². The minimum absolute atomic E-state index is 0.0166. The Morgan fingerprint density at radius 3 is 2.67 bits per heavy atom. The van der Waals surface area contributed by atoms with Gasteiger partial charge in [-0.25, -0.2) is 4.39 Å². The number of Topliss-reactive ketones (excluding diaryl/α,β-unsaturated/α-hetero) is 1. The van der Waals surface area contributed by atoms with Crippen molar-refractivity contribution in [1.82, 2.24) is 4.90 Å². The van der Waals surface area contributed by atoms with Gasteiger partial charge in [-0.05, 0) is 106 Å². The predicted molar refractivity (Wildman–Crippen MR) is 210 cm³/mol. The summed E-state index contributed by atoms with van der Waals surface area (Å²) >= 11 is 6.40. The lowest BCUT2D eigenvalue weighted by molar-refractivity contribution is -0.0961. The summed E-state index contributed by atoms with van der Waals surface area (Å²) < 4.78 is 27.0. The molecule has 1 saturated heterocycles. The fraction of sp³-hybridized carbons (Fsp3) is 0.533. The van der Waals surface area contributed by atoms with Crippen molar-refractivity contribution in [2.45, 2.75) is 114 Å². The molecule has 0 spiro atoms. The zero-order valence-corrected chi connectivity index (χ0v) is 32.6. The lowest BCUT2D eigenvalue weighted by Gasteiger charge is -2.46. The first kappa shape index (κ1) is 40.7. The molecule has 0 aromatic heterocycles. The third kappa shape index (κ3) is 9.88. The van der Waals surface area contributed by atoms with Crippen LogP contribution < -0.4 is 0 Å². The summed E-state index contributed by atoms with van der Waals surface area (Å²) in [5, 5.41) is 35.5. The van der Waals surface area contributed by atoms with Gasteiger partial charge in [-0.1, -0.05) is 78.7 Å². The maximum atomic E-state index is 15.0. The van der Waals surface area contributed by atoms with E-state index in [0.717, 1.165) is 42.4 Å². The molecule has 3 aromatic rings. The number of ketones is 1. The number of allylic oxidation sites excluding steroid dienone is 2. The number of rotatable bonds is 13. The minimum atomic E-state index is -1.16. The number of hydrogen-bond acceptors (Lipinski definition) is 7. The highest BCUT2D eigenvalue weighted by Gasteiger charge is 2.57. The number of carbonyl (C=O) groups is 1. The van der Waals surface area contributed by atoms with Crippen molar-refractivity contribution in [2.24, 2.45) is 5.41 Å². The van der Waals surface area contributed by atoms with E-state index in [1.807, 2.05) is 48.5 Å². The van der Waals surface area contributed by atoms with E-state index in [4.69, 9.17) is 21.1 Å². The lowest BCUT2D eigenvalue weighted by atomic mass is 9.64. The van der Waals surface area contributed by atoms with Crippen molar-refractivity contribution in [3.8, 4) is 0 Å². The molecule has 3 aliphatic carbocycles. The summed E-state index contributed by atoms with van der Waals surface area (Å²) in [6, 6.07) is 20.2. The lowest BCUT2D eigenvalue weighted by Crippen LogP contribution is -2.55. The molecule has 9 heteroatoms. The number of carbonyl (C=O) groups excluding carboxylic acids is 1. The second kappa shape index (κ2) is 18.3. The summed E-state index contributed by atoms with van der Waals surface area (Å²) in [5.41, 5.74) is 2.75. The molecule has 0 amide bonds. The normalized spacial score (nSPS) is 26.7. The van der Waals surface area contributed by atoms with E-state index in [1.54, 1.807) is 6.07 Å². The third-order valence-electron chi connectivity index (χ3n) is 12.2. The summed E-state index contributed by atoms with van der Waals surface area (Å²) in [5.74, 6) is -0.947.